The predicted molar refractivity (Wildman–Crippen MR) is 69.2 cm³/mol. The molecule has 0 heterocycles. The molecule has 0 fully saturated rings. The van der Waals surface area contributed by atoms with Crippen LogP contribution in [0.15, 0.2) is 40.9 Å². The van der Waals surface area contributed by atoms with Crippen LogP contribution >= 0.6 is 15.9 Å². The van der Waals surface area contributed by atoms with Crippen LogP contribution in [0, 0.1) is 5.92 Å². The molecule has 1 aliphatic carbocycles. The molecular weight excluding hydrogens is 282 g/mol. The molecule has 2 N–H and O–H groups in total. The molecule has 90 valence electrons. The maximum atomic E-state index is 11.7. The molecule has 0 radical (unpaired) electrons. The molecule has 2 rings (SSSR count). The molecule has 3 nitrogen and oxygen atoms in total. The van der Waals surface area contributed by atoms with Crippen molar-refractivity contribution in [3.8, 4) is 0 Å². The average Bonchev–Trinajstić information content (AvgIpc) is 2.73. The van der Waals surface area contributed by atoms with Gasteiger partial charge >= 0.3 is 5.97 Å². The van der Waals surface area contributed by atoms with Crippen LogP contribution in [-0.4, -0.2) is 12.0 Å². The maximum Gasteiger partial charge on any atom is 0.313 e. The SMILES string of the molecule is NC1C=CC(C(=O)OCc2cccc(Br)c2)C1. The first-order chi connectivity index (χ1) is 8.15. The standard InChI is InChI=1S/C13H14BrNO2/c14-11-3-1-2-9(6-11)8-17-13(16)10-4-5-12(15)7-10/h1-6,10,12H,7-8,15H2. The van der Waals surface area contributed by atoms with E-state index in [1.165, 1.54) is 0 Å². The third-order valence-electron chi connectivity index (χ3n) is 2.69. The molecule has 4 heteroatoms. The highest BCUT2D eigenvalue weighted by molar-refractivity contribution is 9.10. The molecule has 0 aromatic heterocycles. The summed E-state index contributed by atoms with van der Waals surface area (Å²) in [6.45, 7) is 0.303. The molecule has 1 aliphatic rings. The summed E-state index contributed by atoms with van der Waals surface area (Å²) in [6.07, 6.45) is 4.33. The Labute approximate surface area is 109 Å². The van der Waals surface area contributed by atoms with E-state index in [-0.39, 0.29) is 17.9 Å². The van der Waals surface area contributed by atoms with Gasteiger partial charge in [-0.15, -0.1) is 0 Å². The normalized spacial score (nSPS) is 22.7. The molecule has 1 aromatic rings. The molecule has 2 atom stereocenters. The molecule has 2 unspecified atom stereocenters. The van der Waals surface area contributed by atoms with E-state index < -0.39 is 0 Å². The number of carbonyl (C=O) groups excluding carboxylic acids is 1. The Morgan fingerprint density at radius 1 is 1.47 bits per heavy atom. The number of hydrogen-bond acceptors (Lipinski definition) is 3. The second-order valence-electron chi connectivity index (χ2n) is 4.13. The first kappa shape index (κ1) is 12.3. The Morgan fingerprint density at radius 2 is 2.29 bits per heavy atom. The van der Waals surface area contributed by atoms with Gasteiger partial charge in [0, 0.05) is 10.5 Å². The first-order valence-electron chi connectivity index (χ1n) is 5.50. The fourth-order valence-electron chi connectivity index (χ4n) is 1.79. The van der Waals surface area contributed by atoms with Gasteiger partial charge in [-0.1, -0.05) is 40.2 Å². The van der Waals surface area contributed by atoms with Crippen LogP contribution in [0.3, 0.4) is 0 Å². The lowest BCUT2D eigenvalue weighted by Crippen LogP contribution is -2.20. The minimum Gasteiger partial charge on any atom is -0.460 e. The number of nitrogens with two attached hydrogens (primary N) is 1. The number of hydrogen-bond donors (Lipinski definition) is 1. The molecule has 0 amide bonds. The van der Waals surface area contributed by atoms with E-state index in [9.17, 15) is 4.79 Å². The van der Waals surface area contributed by atoms with Crippen LogP contribution in [0.2, 0.25) is 0 Å². The van der Waals surface area contributed by atoms with Gasteiger partial charge in [-0.25, -0.2) is 0 Å². The van der Waals surface area contributed by atoms with Crippen molar-refractivity contribution in [2.45, 2.75) is 19.1 Å². The zero-order valence-electron chi connectivity index (χ0n) is 9.30. The lowest BCUT2D eigenvalue weighted by molar-refractivity contribution is -0.148. The van der Waals surface area contributed by atoms with Crippen molar-refractivity contribution in [1.29, 1.82) is 0 Å². The smallest absolute Gasteiger partial charge is 0.313 e. The van der Waals surface area contributed by atoms with Gasteiger partial charge in [0.2, 0.25) is 0 Å². The molecule has 1 aromatic carbocycles. The van der Waals surface area contributed by atoms with Gasteiger partial charge in [-0.2, -0.15) is 0 Å². The van der Waals surface area contributed by atoms with Crippen molar-refractivity contribution in [3.05, 3.63) is 46.5 Å². The number of halogens is 1. The van der Waals surface area contributed by atoms with E-state index in [2.05, 4.69) is 15.9 Å². The highest BCUT2D eigenvalue weighted by atomic mass is 79.9. The van der Waals surface area contributed by atoms with Gasteiger partial charge < -0.3 is 10.5 Å². The first-order valence-corrected chi connectivity index (χ1v) is 6.29. The lowest BCUT2D eigenvalue weighted by atomic mass is 10.1. The Kier molecular flexibility index (Phi) is 3.97. The number of carbonyl (C=O) groups is 1. The Balaban J connectivity index is 1.86. The highest BCUT2D eigenvalue weighted by Gasteiger charge is 2.23. The molecule has 17 heavy (non-hydrogen) atoms. The van der Waals surface area contributed by atoms with Crippen LogP contribution in [0.4, 0.5) is 0 Å². The topological polar surface area (TPSA) is 52.3 Å². The second kappa shape index (κ2) is 5.47. The molecule has 0 saturated carbocycles. The highest BCUT2D eigenvalue weighted by Crippen LogP contribution is 2.19. The van der Waals surface area contributed by atoms with Crippen molar-refractivity contribution >= 4 is 21.9 Å². The fraction of sp³-hybridized carbons (Fsp3) is 0.308. The molecule has 0 saturated heterocycles. The number of benzene rings is 1. The maximum absolute atomic E-state index is 11.7. The summed E-state index contributed by atoms with van der Waals surface area (Å²) in [4.78, 5) is 11.7. The third-order valence-corrected chi connectivity index (χ3v) is 3.18. The predicted octanol–water partition coefficient (Wildman–Crippen LogP) is 2.40. The molecule has 0 aliphatic heterocycles. The van der Waals surface area contributed by atoms with Gasteiger partial charge in [0.05, 0.1) is 5.92 Å². The monoisotopic (exact) mass is 295 g/mol. The minimum atomic E-state index is -0.200. The molecule has 0 bridgehead atoms. The summed E-state index contributed by atoms with van der Waals surface area (Å²) in [6, 6.07) is 7.69. The average molecular weight is 296 g/mol. The van der Waals surface area contributed by atoms with Crippen molar-refractivity contribution in [3.63, 3.8) is 0 Å². The van der Waals surface area contributed by atoms with Crippen molar-refractivity contribution < 1.29 is 9.53 Å². The van der Waals surface area contributed by atoms with Gasteiger partial charge in [0.25, 0.3) is 0 Å². The van der Waals surface area contributed by atoms with E-state index in [0.717, 1.165) is 10.0 Å². The van der Waals surface area contributed by atoms with Crippen molar-refractivity contribution in [1.82, 2.24) is 0 Å². The second-order valence-corrected chi connectivity index (χ2v) is 5.04. The molecule has 0 spiro atoms. The van der Waals surface area contributed by atoms with Gasteiger partial charge in [0.15, 0.2) is 0 Å². The van der Waals surface area contributed by atoms with E-state index in [1.54, 1.807) is 0 Å². The summed E-state index contributed by atoms with van der Waals surface area (Å²) < 4.78 is 6.23. The fourth-order valence-corrected chi connectivity index (χ4v) is 2.24. The van der Waals surface area contributed by atoms with Crippen molar-refractivity contribution in [2.75, 3.05) is 0 Å². The van der Waals surface area contributed by atoms with Crippen LogP contribution in [0.25, 0.3) is 0 Å². The number of esters is 1. The van der Waals surface area contributed by atoms with Crippen LogP contribution in [-0.2, 0) is 16.1 Å². The Bertz CT molecular complexity index is 445. The van der Waals surface area contributed by atoms with Gasteiger partial charge in [0.1, 0.15) is 6.61 Å². The largest absolute Gasteiger partial charge is 0.460 e. The molecular formula is C13H14BrNO2. The van der Waals surface area contributed by atoms with Crippen LogP contribution in [0.1, 0.15) is 12.0 Å². The van der Waals surface area contributed by atoms with E-state index in [4.69, 9.17) is 10.5 Å². The quantitative estimate of drug-likeness (QED) is 0.688. The zero-order chi connectivity index (χ0) is 12.3. The van der Waals surface area contributed by atoms with Gasteiger partial charge in [-0.05, 0) is 24.1 Å². The summed E-state index contributed by atoms with van der Waals surface area (Å²) in [5.74, 6) is -0.383. The summed E-state index contributed by atoms with van der Waals surface area (Å²) in [5.41, 5.74) is 6.66. The van der Waals surface area contributed by atoms with Crippen LogP contribution in [0.5, 0.6) is 0 Å². The number of rotatable bonds is 3. The van der Waals surface area contributed by atoms with E-state index >= 15 is 0 Å². The van der Waals surface area contributed by atoms with Gasteiger partial charge in [-0.3, -0.25) is 4.79 Å². The Hall–Kier alpha value is -1.13. The zero-order valence-corrected chi connectivity index (χ0v) is 10.9. The summed E-state index contributed by atoms with van der Waals surface area (Å²) >= 11 is 3.38. The third kappa shape index (κ3) is 3.41. The Morgan fingerprint density at radius 3 is 2.94 bits per heavy atom. The van der Waals surface area contributed by atoms with E-state index in [1.807, 2.05) is 36.4 Å². The summed E-state index contributed by atoms with van der Waals surface area (Å²) in [5, 5.41) is 0. The van der Waals surface area contributed by atoms with Crippen LogP contribution < -0.4 is 5.73 Å². The number of ether oxygens (including phenoxy) is 1. The minimum absolute atomic E-state index is 0.0154. The van der Waals surface area contributed by atoms with E-state index in [0.29, 0.717) is 13.0 Å². The van der Waals surface area contributed by atoms with Crippen molar-refractivity contribution in [2.24, 2.45) is 11.7 Å². The lowest BCUT2D eigenvalue weighted by Gasteiger charge is -2.09. The summed E-state index contributed by atoms with van der Waals surface area (Å²) in [7, 11) is 0.